The summed E-state index contributed by atoms with van der Waals surface area (Å²) in [6, 6.07) is 7.52. The smallest absolute Gasteiger partial charge is 0.264 e. The number of fused-ring (bicyclic) bond motifs is 1. The molecule has 1 heterocycles. The van der Waals surface area contributed by atoms with Gasteiger partial charge in [-0.25, -0.2) is 0 Å². The number of amides is 1. The van der Waals surface area contributed by atoms with Crippen molar-refractivity contribution in [2.45, 2.75) is 24.6 Å². The fourth-order valence-electron chi connectivity index (χ4n) is 1.81. The highest BCUT2D eigenvalue weighted by Gasteiger charge is 2.37. The maximum absolute atomic E-state index is 11.8. The molecule has 0 saturated heterocycles. The van der Waals surface area contributed by atoms with Gasteiger partial charge in [0.25, 0.3) is 5.91 Å². The van der Waals surface area contributed by atoms with Crippen molar-refractivity contribution in [2.24, 2.45) is 5.73 Å². The Kier molecular flexibility index (Phi) is 2.40. The first-order chi connectivity index (χ1) is 8.24. The van der Waals surface area contributed by atoms with Crippen LogP contribution in [0.1, 0.15) is 6.42 Å². The monoisotopic (exact) mass is 234 g/mol. The van der Waals surface area contributed by atoms with E-state index in [0.29, 0.717) is 11.5 Å². The number of rotatable bonds is 2. The standard InChI is InChI=1S/C12H14N2O3/c13-7-5-8(7)14-12(15)11-6-16-9-3-1-2-4-10(9)17-11/h1-4,7-8,11H,5-6,13H2,(H,14,15). The minimum absolute atomic E-state index is 0.0933. The minimum Gasteiger partial charge on any atom is -0.485 e. The molecule has 0 bridgehead atoms. The van der Waals surface area contributed by atoms with E-state index in [4.69, 9.17) is 15.2 Å². The van der Waals surface area contributed by atoms with Gasteiger partial charge in [-0.05, 0) is 18.6 Å². The summed E-state index contributed by atoms with van der Waals surface area (Å²) in [5.41, 5.74) is 5.63. The van der Waals surface area contributed by atoms with Crippen LogP contribution in [0.25, 0.3) is 0 Å². The summed E-state index contributed by atoms with van der Waals surface area (Å²) in [4.78, 5) is 11.8. The third-order valence-corrected chi connectivity index (χ3v) is 2.97. The number of nitrogens with one attached hydrogen (secondary N) is 1. The quantitative estimate of drug-likeness (QED) is 0.758. The average Bonchev–Trinajstić information content (AvgIpc) is 3.04. The molecule has 3 N–H and O–H groups in total. The van der Waals surface area contributed by atoms with E-state index in [-0.39, 0.29) is 24.6 Å². The van der Waals surface area contributed by atoms with Crippen molar-refractivity contribution in [3.63, 3.8) is 0 Å². The Morgan fingerprint density at radius 1 is 1.35 bits per heavy atom. The second-order valence-corrected chi connectivity index (χ2v) is 4.38. The van der Waals surface area contributed by atoms with Crippen LogP contribution in [0, 0.1) is 0 Å². The Bertz CT molecular complexity index is 449. The Balaban J connectivity index is 1.65. The number of nitrogens with two attached hydrogens (primary N) is 1. The van der Waals surface area contributed by atoms with E-state index >= 15 is 0 Å². The highest BCUT2D eigenvalue weighted by atomic mass is 16.6. The highest BCUT2D eigenvalue weighted by Crippen LogP contribution is 2.31. The molecule has 0 aromatic heterocycles. The van der Waals surface area contributed by atoms with E-state index in [1.807, 2.05) is 18.2 Å². The van der Waals surface area contributed by atoms with Crippen molar-refractivity contribution in [3.05, 3.63) is 24.3 Å². The lowest BCUT2D eigenvalue weighted by Gasteiger charge is -2.25. The SMILES string of the molecule is NC1CC1NC(=O)C1COc2ccccc2O1. The largest absolute Gasteiger partial charge is 0.485 e. The maximum atomic E-state index is 11.8. The summed E-state index contributed by atoms with van der Waals surface area (Å²) in [7, 11) is 0. The van der Waals surface area contributed by atoms with Crippen LogP contribution >= 0.6 is 0 Å². The molecule has 5 nitrogen and oxygen atoms in total. The summed E-state index contributed by atoms with van der Waals surface area (Å²) < 4.78 is 11.0. The van der Waals surface area contributed by atoms with Crippen molar-refractivity contribution in [1.82, 2.24) is 5.32 Å². The number of benzene rings is 1. The molecule has 3 rings (SSSR count). The lowest BCUT2D eigenvalue weighted by atomic mass is 10.2. The number of para-hydroxylation sites is 2. The van der Waals surface area contributed by atoms with Crippen molar-refractivity contribution in [3.8, 4) is 11.5 Å². The van der Waals surface area contributed by atoms with Crippen molar-refractivity contribution in [2.75, 3.05) is 6.61 Å². The Morgan fingerprint density at radius 3 is 2.76 bits per heavy atom. The fourth-order valence-corrected chi connectivity index (χ4v) is 1.81. The van der Waals surface area contributed by atoms with E-state index in [2.05, 4.69) is 5.32 Å². The molecule has 0 radical (unpaired) electrons. The molecular formula is C12H14N2O3. The molecular weight excluding hydrogens is 220 g/mol. The van der Waals surface area contributed by atoms with Gasteiger partial charge in [0.05, 0.1) is 0 Å². The number of carbonyl (C=O) groups excluding carboxylic acids is 1. The van der Waals surface area contributed by atoms with Gasteiger partial charge in [-0.15, -0.1) is 0 Å². The first kappa shape index (κ1) is 10.4. The lowest BCUT2D eigenvalue weighted by Crippen LogP contribution is -2.45. The van der Waals surface area contributed by atoms with E-state index in [9.17, 15) is 4.79 Å². The molecule has 17 heavy (non-hydrogen) atoms. The molecule has 90 valence electrons. The van der Waals surface area contributed by atoms with Crippen molar-refractivity contribution >= 4 is 5.91 Å². The van der Waals surface area contributed by atoms with Gasteiger partial charge in [0.15, 0.2) is 11.5 Å². The number of carbonyl (C=O) groups is 1. The Labute approximate surface area is 98.9 Å². The van der Waals surface area contributed by atoms with Gasteiger partial charge in [-0.3, -0.25) is 4.79 Å². The first-order valence-corrected chi connectivity index (χ1v) is 5.68. The molecule has 2 aliphatic rings. The number of hydrogen-bond donors (Lipinski definition) is 2. The van der Waals surface area contributed by atoms with E-state index < -0.39 is 6.10 Å². The van der Waals surface area contributed by atoms with Crippen LogP contribution < -0.4 is 20.5 Å². The molecule has 1 saturated carbocycles. The molecule has 1 aliphatic carbocycles. The van der Waals surface area contributed by atoms with Gasteiger partial charge >= 0.3 is 0 Å². The van der Waals surface area contributed by atoms with Crippen LogP contribution in [0.3, 0.4) is 0 Å². The van der Waals surface area contributed by atoms with Crippen LogP contribution in [-0.2, 0) is 4.79 Å². The predicted molar refractivity (Wildman–Crippen MR) is 60.9 cm³/mol. The maximum Gasteiger partial charge on any atom is 0.264 e. The summed E-state index contributed by atoms with van der Waals surface area (Å²) in [6.07, 6.45) is 0.258. The second kappa shape index (κ2) is 3.92. The van der Waals surface area contributed by atoms with Crippen LogP contribution in [0.4, 0.5) is 0 Å². The summed E-state index contributed by atoms with van der Waals surface area (Å²) in [6.45, 7) is 0.241. The average molecular weight is 234 g/mol. The molecule has 1 aromatic rings. The number of ether oxygens (including phenoxy) is 2. The van der Waals surface area contributed by atoms with Crippen molar-refractivity contribution in [1.29, 1.82) is 0 Å². The van der Waals surface area contributed by atoms with Gasteiger partial charge in [-0.2, -0.15) is 0 Å². The molecule has 3 atom stereocenters. The summed E-state index contributed by atoms with van der Waals surface area (Å²) in [5, 5.41) is 2.84. The molecule has 1 aliphatic heterocycles. The molecule has 5 heteroatoms. The van der Waals surface area contributed by atoms with E-state index in [1.165, 1.54) is 0 Å². The van der Waals surface area contributed by atoms with E-state index in [1.54, 1.807) is 6.07 Å². The summed E-state index contributed by atoms with van der Waals surface area (Å²) in [5.74, 6) is 1.14. The van der Waals surface area contributed by atoms with Crippen LogP contribution in [-0.4, -0.2) is 30.7 Å². The zero-order valence-electron chi connectivity index (χ0n) is 9.26. The minimum atomic E-state index is -0.585. The molecule has 0 spiro atoms. The molecule has 3 unspecified atom stereocenters. The van der Waals surface area contributed by atoms with E-state index in [0.717, 1.165) is 6.42 Å². The summed E-state index contributed by atoms with van der Waals surface area (Å²) >= 11 is 0. The van der Waals surface area contributed by atoms with Gasteiger partial charge in [-0.1, -0.05) is 12.1 Å². The molecule has 1 fully saturated rings. The van der Waals surface area contributed by atoms with Gasteiger partial charge < -0.3 is 20.5 Å². The van der Waals surface area contributed by atoms with Crippen LogP contribution in [0.2, 0.25) is 0 Å². The first-order valence-electron chi connectivity index (χ1n) is 5.68. The van der Waals surface area contributed by atoms with Crippen LogP contribution in [0.15, 0.2) is 24.3 Å². The normalized spacial score (nSPS) is 29.6. The van der Waals surface area contributed by atoms with Crippen LogP contribution in [0.5, 0.6) is 11.5 Å². The van der Waals surface area contributed by atoms with Gasteiger partial charge in [0, 0.05) is 12.1 Å². The predicted octanol–water partition coefficient (Wildman–Crippen LogP) is 0.0422. The third kappa shape index (κ3) is 2.06. The number of hydrogen-bond acceptors (Lipinski definition) is 4. The second-order valence-electron chi connectivity index (χ2n) is 4.38. The topological polar surface area (TPSA) is 73.6 Å². The lowest BCUT2D eigenvalue weighted by molar-refractivity contribution is -0.130. The molecule has 1 aromatic carbocycles. The Hall–Kier alpha value is -1.75. The zero-order valence-corrected chi connectivity index (χ0v) is 9.26. The fraction of sp³-hybridized carbons (Fsp3) is 0.417. The molecule has 1 amide bonds. The van der Waals surface area contributed by atoms with Crippen molar-refractivity contribution < 1.29 is 14.3 Å². The Morgan fingerprint density at radius 2 is 2.06 bits per heavy atom. The van der Waals surface area contributed by atoms with Gasteiger partial charge in [0.2, 0.25) is 6.10 Å². The van der Waals surface area contributed by atoms with Gasteiger partial charge in [0.1, 0.15) is 6.61 Å². The zero-order chi connectivity index (χ0) is 11.8. The highest BCUT2D eigenvalue weighted by molar-refractivity contribution is 5.82. The third-order valence-electron chi connectivity index (χ3n) is 2.97.